The molecular formula is C19H26Br2N2O. The number of halogens is 2. The first-order chi connectivity index (χ1) is 11.5. The summed E-state index contributed by atoms with van der Waals surface area (Å²) in [6.07, 6.45) is 7.86. The van der Waals surface area contributed by atoms with Gasteiger partial charge in [0.25, 0.3) is 0 Å². The van der Waals surface area contributed by atoms with E-state index in [1.54, 1.807) is 6.92 Å². The zero-order valence-electron chi connectivity index (χ0n) is 14.4. The van der Waals surface area contributed by atoms with Gasteiger partial charge in [-0.25, -0.2) is 0 Å². The Bertz CT molecular complexity index is 616. The SMILES string of the molecule is CC(=O)Nc1ccc(Br)c(C2CCCCC2N(C)CC2CC2)c1Br. The lowest BCUT2D eigenvalue weighted by Crippen LogP contribution is -2.40. The van der Waals surface area contributed by atoms with Crippen LogP contribution in [0.15, 0.2) is 21.1 Å². The second-order valence-electron chi connectivity index (χ2n) is 7.35. The number of rotatable bonds is 5. The molecule has 3 rings (SSSR count). The molecule has 2 unspecified atom stereocenters. The third kappa shape index (κ3) is 4.23. The van der Waals surface area contributed by atoms with Crippen molar-refractivity contribution in [1.29, 1.82) is 0 Å². The first-order valence-electron chi connectivity index (χ1n) is 8.93. The van der Waals surface area contributed by atoms with E-state index in [1.165, 1.54) is 50.6 Å². The van der Waals surface area contributed by atoms with Crippen molar-refractivity contribution in [2.45, 2.75) is 57.4 Å². The minimum absolute atomic E-state index is 0.0324. The maximum Gasteiger partial charge on any atom is 0.221 e. The summed E-state index contributed by atoms with van der Waals surface area (Å²) < 4.78 is 2.17. The van der Waals surface area contributed by atoms with E-state index >= 15 is 0 Å². The van der Waals surface area contributed by atoms with E-state index in [2.05, 4.69) is 55.2 Å². The molecule has 3 nitrogen and oxygen atoms in total. The molecule has 0 radical (unpaired) electrons. The molecular weight excluding hydrogens is 432 g/mol. The van der Waals surface area contributed by atoms with E-state index in [-0.39, 0.29) is 5.91 Å². The predicted octanol–water partition coefficient (Wildman–Crippen LogP) is 5.54. The number of benzene rings is 1. The van der Waals surface area contributed by atoms with Gasteiger partial charge < -0.3 is 10.2 Å². The number of likely N-dealkylation sites (N-methyl/N-ethyl adjacent to an activating group) is 1. The van der Waals surface area contributed by atoms with Gasteiger partial charge in [-0.05, 0) is 72.3 Å². The average molecular weight is 458 g/mol. The molecule has 2 aliphatic rings. The van der Waals surface area contributed by atoms with Crippen molar-refractivity contribution in [1.82, 2.24) is 4.90 Å². The molecule has 2 saturated carbocycles. The molecule has 1 N–H and O–H groups in total. The zero-order valence-corrected chi connectivity index (χ0v) is 17.6. The van der Waals surface area contributed by atoms with Crippen molar-refractivity contribution in [2.75, 3.05) is 18.9 Å². The Balaban J connectivity index is 1.90. The normalized spacial score (nSPS) is 24.2. The molecule has 0 spiro atoms. The summed E-state index contributed by atoms with van der Waals surface area (Å²) in [5.41, 5.74) is 2.18. The molecule has 2 aliphatic carbocycles. The van der Waals surface area contributed by atoms with Gasteiger partial charge in [-0.3, -0.25) is 4.79 Å². The fourth-order valence-electron chi connectivity index (χ4n) is 4.01. The van der Waals surface area contributed by atoms with Gasteiger partial charge in [0.15, 0.2) is 0 Å². The van der Waals surface area contributed by atoms with E-state index in [0.717, 1.165) is 20.6 Å². The number of hydrogen-bond acceptors (Lipinski definition) is 2. The van der Waals surface area contributed by atoms with Gasteiger partial charge in [0.2, 0.25) is 5.91 Å². The Morgan fingerprint density at radius 2 is 1.92 bits per heavy atom. The van der Waals surface area contributed by atoms with Crippen LogP contribution in [0.5, 0.6) is 0 Å². The second kappa shape index (κ2) is 7.88. The number of nitrogens with one attached hydrogen (secondary N) is 1. The number of carbonyl (C=O) groups excluding carboxylic acids is 1. The summed E-state index contributed by atoms with van der Waals surface area (Å²) >= 11 is 7.53. The number of nitrogens with zero attached hydrogens (tertiary/aromatic N) is 1. The summed E-state index contributed by atoms with van der Waals surface area (Å²) in [7, 11) is 2.29. The smallest absolute Gasteiger partial charge is 0.221 e. The first kappa shape index (κ1) is 18.4. The zero-order chi connectivity index (χ0) is 17.3. The molecule has 0 aliphatic heterocycles. The van der Waals surface area contributed by atoms with E-state index < -0.39 is 0 Å². The minimum atomic E-state index is -0.0324. The van der Waals surface area contributed by atoms with E-state index in [4.69, 9.17) is 0 Å². The highest BCUT2D eigenvalue weighted by atomic mass is 79.9. The lowest BCUT2D eigenvalue weighted by atomic mass is 9.79. The monoisotopic (exact) mass is 456 g/mol. The number of amides is 1. The number of hydrogen-bond donors (Lipinski definition) is 1. The summed E-state index contributed by atoms with van der Waals surface area (Å²) in [5.74, 6) is 1.38. The van der Waals surface area contributed by atoms with Crippen LogP contribution in [0.1, 0.15) is 56.9 Å². The van der Waals surface area contributed by atoms with Crippen molar-refractivity contribution in [2.24, 2.45) is 5.92 Å². The average Bonchev–Trinajstić information content (AvgIpc) is 3.34. The van der Waals surface area contributed by atoms with Gasteiger partial charge >= 0.3 is 0 Å². The Morgan fingerprint density at radius 1 is 1.21 bits per heavy atom. The van der Waals surface area contributed by atoms with Crippen LogP contribution in [0.25, 0.3) is 0 Å². The molecule has 1 amide bonds. The molecule has 2 fully saturated rings. The maximum atomic E-state index is 11.5. The van der Waals surface area contributed by atoms with Crippen LogP contribution in [-0.4, -0.2) is 30.4 Å². The van der Waals surface area contributed by atoms with Gasteiger partial charge in [0.05, 0.1) is 5.69 Å². The Hall–Kier alpha value is -0.390. The second-order valence-corrected chi connectivity index (χ2v) is 8.99. The predicted molar refractivity (Wildman–Crippen MR) is 106 cm³/mol. The summed E-state index contributed by atoms with van der Waals surface area (Å²) in [6.45, 7) is 2.78. The van der Waals surface area contributed by atoms with Gasteiger partial charge in [0.1, 0.15) is 0 Å². The van der Waals surface area contributed by atoms with Crippen LogP contribution in [0.2, 0.25) is 0 Å². The molecule has 2 atom stereocenters. The molecule has 0 saturated heterocycles. The van der Waals surface area contributed by atoms with Crippen LogP contribution in [0.4, 0.5) is 5.69 Å². The van der Waals surface area contributed by atoms with E-state index in [0.29, 0.717) is 12.0 Å². The van der Waals surface area contributed by atoms with Gasteiger partial charge in [0, 0.05) is 34.4 Å². The van der Waals surface area contributed by atoms with Crippen molar-refractivity contribution in [3.8, 4) is 0 Å². The quantitative estimate of drug-likeness (QED) is 0.629. The number of anilines is 1. The third-order valence-corrected chi connectivity index (χ3v) is 6.89. The van der Waals surface area contributed by atoms with Crippen LogP contribution in [-0.2, 0) is 4.79 Å². The van der Waals surface area contributed by atoms with Crippen LogP contribution in [0, 0.1) is 5.92 Å². The van der Waals surface area contributed by atoms with E-state index in [9.17, 15) is 4.79 Å². The minimum Gasteiger partial charge on any atom is -0.325 e. The van der Waals surface area contributed by atoms with Crippen LogP contribution in [0.3, 0.4) is 0 Å². The largest absolute Gasteiger partial charge is 0.325 e. The molecule has 0 bridgehead atoms. The van der Waals surface area contributed by atoms with Gasteiger partial charge in [-0.1, -0.05) is 28.8 Å². The first-order valence-corrected chi connectivity index (χ1v) is 10.5. The number of carbonyl (C=O) groups is 1. The Labute approximate surface area is 161 Å². The standard InChI is InChI=1S/C19H26Br2N2O/c1-12(24)22-16-10-9-15(20)18(19(16)21)14-5-3-4-6-17(14)23(2)11-13-7-8-13/h9-10,13-14,17H,3-8,11H2,1-2H3,(H,22,24). The molecule has 132 valence electrons. The molecule has 1 aromatic carbocycles. The topological polar surface area (TPSA) is 32.3 Å². The Kier molecular flexibility index (Phi) is 6.04. The summed E-state index contributed by atoms with van der Waals surface area (Å²) in [4.78, 5) is 14.1. The highest BCUT2D eigenvalue weighted by Gasteiger charge is 2.34. The van der Waals surface area contributed by atoms with Crippen molar-refractivity contribution >= 4 is 43.5 Å². The Morgan fingerprint density at radius 3 is 2.58 bits per heavy atom. The molecule has 24 heavy (non-hydrogen) atoms. The van der Waals surface area contributed by atoms with Gasteiger partial charge in [-0.2, -0.15) is 0 Å². The summed E-state index contributed by atoms with van der Waals surface area (Å²) in [5, 5.41) is 2.95. The molecule has 0 heterocycles. The molecule has 5 heteroatoms. The molecule has 0 aromatic heterocycles. The van der Waals surface area contributed by atoms with Crippen molar-refractivity contribution < 1.29 is 4.79 Å². The maximum absolute atomic E-state index is 11.5. The lowest BCUT2D eigenvalue weighted by Gasteiger charge is -2.39. The third-order valence-electron chi connectivity index (χ3n) is 5.35. The van der Waals surface area contributed by atoms with Crippen molar-refractivity contribution in [3.05, 3.63) is 26.6 Å². The van der Waals surface area contributed by atoms with Crippen LogP contribution >= 0.6 is 31.9 Å². The van der Waals surface area contributed by atoms with Gasteiger partial charge in [-0.15, -0.1) is 0 Å². The highest BCUT2D eigenvalue weighted by molar-refractivity contribution is 9.11. The van der Waals surface area contributed by atoms with Crippen molar-refractivity contribution in [3.63, 3.8) is 0 Å². The molecule has 1 aromatic rings. The van der Waals surface area contributed by atoms with E-state index in [1.807, 2.05) is 6.07 Å². The summed E-state index contributed by atoms with van der Waals surface area (Å²) in [6, 6.07) is 4.61. The fourth-order valence-corrected chi connectivity index (χ4v) is 5.64. The highest BCUT2D eigenvalue weighted by Crippen LogP contribution is 2.45. The fraction of sp³-hybridized carbons (Fsp3) is 0.632. The lowest BCUT2D eigenvalue weighted by molar-refractivity contribution is -0.114. The van der Waals surface area contributed by atoms with Crippen LogP contribution < -0.4 is 5.32 Å².